The summed E-state index contributed by atoms with van der Waals surface area (Å²) < 4.78 is 5.48. The molecule has 2 heterocycles. The lowest BCUT2D eigenvalue weighted by Gasteiger charge is -2.35. The number of morpholine rings is 1. The van der Waals surface area contributed by atoms with Crippen LogP contribution in [0.1, 0.15) is 30.9 Å². The van der Waals surface area contributed by atoms with Gasteiger partial charge in [-0.05, 0) is 44.9 Å². The van der Waals surface area contributed by atoms with Crippen LogP contribution in [-0.2, 0) is 10.3 Å². The number of nitrogens with one attached hydrogen (secondary N) is 1. The van der Waals surface area contributed by atoms with Crippen molar-refractivity contribution in [2.75, 3.05) is 37.7 Å². The van der Waals surface area contributed by atoms with Gasteiger partial charge in [-0.15, -0.1) is 0 Å². The van der Waals surface area contributed by atoms with Gasteiger partial charge in [0.25, 0.3) is 0 Å². The van der Waals surface area contributed by atoms with Crippen molar-refractivity contribution in [3.63, 3.8) is 0 Å². The van der Waals surface area contributed by atoms with E-state index in [-0.39, 0.29) is 5.54 Å². The normalized spacial score (nSPS) is 27.8. The Morgan fingerprint density at radius 3 is 2.74 bits per heavy atom. The van der Waals surface area contributed by atoms with Crippen molar-refractivity contribution in [1.29, 1.82) is 0 Å². The van der Waals surface area contributed by atoms with E-state index in [1.807, 2.05) is 0 Å². The van der Waals surface area contributed by atoms with Gasteiger partial charge < -0.3 is 15.0 Å². The lowest BCUT2D eigenvalue weighted by molar-refractivity contribution is 0.122. The van der Waals surface area contributed by atoms with E-state index >= 15 is 0 Å². The summed E-state index contributed by atoms with van der Waals surface area (Å²) >= 11 is 0. The summed E-state index contributed by atoms with van der Waals surface area (Å²) in [4.78, 5) is 2.48. The summed E-state index contributed by atoms with van der Waals surface area (Å²) in [5.74, 6) is 0. The lowest BCUT2D eigenvalue weighted by atomic mass is 9.87. The number of aryl methyl sites for hydroxylation is 1. The third-order valence-electron chi connectivity index (χ3n) is 4.47. The molecule has 0 saturated carbocycles. The van der Waals surface area contributed by atoms with Crippen molar-refractivity contribution in [2.45, 2.75) is 32.2 Å². The highest BCUT2D eigenvalue weighted by Gasteiger charge is 2.33. The van der Waals surface area contributed by atoms with Crippen LogP contribution in [-0.4, -0.2) is 32.8 Å². The van der Waals surface area contributed by atoms with Crippen LogP contribution in [0, 0.1) is 6.92 Å². The maximum atomic E-state index is 5.48. The van der Waals surface area contributed by atoms with Gasteiger partial charge in [-0.2, -0.15) is 0 Å². The van der Waals surface area contributed by atoms with Crippen LogP contribution in [0.25, 0.3) is 0 Å². The highest BCUT2D eigenvalue weighted by molar-refractivity contribution is 5.58. The molecule has 3 rings (SSSR count). The van der Waals surface area contributed by atoms with E-state index in [4.69, 9.17) is 4.74 Å². The van der Waals surface area contributed by atoms with Crippen molar-refractivity contribution in [2.24, 2.45) is 0 Å². The van der Waals surface area contributed by atoms with Crippen molar-refractivity contribution >= 4 is 5.69 Å². The van der Waals surface area contributed by atoms with Crippen LogP contribution in [0.2, 0.25) is 0 Å². The number of hydrogen-bond donors (Lipinski definition) is 1. The van der Waals surface area contributed by atoms with Crippen molar-refractivity contribution in [1.82, 2.24) is 5.32 Å². The SMILES string of the molecule is Cc1ccc(N2CCOCC2)c(C2(C)CCCN2)c1. The third kappa shape index (κ3) is 2.49. The first-order chi connectivity index (χ1) is 9.19. The van der Waals surface area contributed by atoms with Crippen molar-refractivity contribution < 1.29 is 4.74 Å². The molecule has 0 spiro atoms. The molecule has 2 aliphatic rings. The van der Waals surface area contributed by atoms with E-state index in [0.717, 1.165) is 32.8 Å². The quantitative estimate of drug-likeness (QED) is 0.884. The Hall–Kier alpha value is -1.06. The van der Waals surface area contributed by atoms with Crippen LogP contribution in [0.15, 0.2) is 18.2 Å². The fraction of sp³-hybridized carbons (Fsp3) is 0.625. The maximum absolute atomic E-state index is 5.48. The van der Waals surface area contributed by atoms with Gasteiger partial charge in [0.05, 0.1) is 13.2 Å². The summed E-state index contributed by atoms with van der Waals surface area (Å²) in [5, 5.41) is 3.70. The smallest absolute Gasteiger partial charge is 0.0642 e. The second-order valence-corrected chi connectivity index (χ2v) is 5.98. The summed E-state index contributed by atoms with van der Waals surface area (Å²) in [7, 11) is 0. The molecule has 0 amide bonds. The third-order valence-corrected chi connectivity index (χ3v) is 4.47. The summed E-state index contributed by atoms with van der Waals surface area (Å²) in [6.07, 6.45) is 2.50. The molecule has 2 fully saturated rings. The molecule has 0 aliphatic carbocycles. The van der Waals surface area contributed by atoms with Gasteiger partial charge in [0.15, 0.2) is 0 Å². The van der Waals surface area contributed by atoms with Crippen LogP contribution >= 0.6 is 0 Å². The van der Waals surface area contributed by atoms with Crippen molar-refractivity contribution in [3.05, 3.63) is 29.3 Å². The van der Waals surface area contributed by atoms with Gasteiger partial charge in [0.2, 0.25) is 0 Å². The van der Waals surface area contributed by atoms with Gasteiger partial charge in [-0.25, -0.2) is 0 Å². The zero-order valence-corrected chi connectivity index (χ0v) is 12.0. The standard InChI is InChI=1S/C16H24N2O/c1-13-4-5-15(18-8-10-19-11-9-18)14(12-13)16(2)6-3-7-17-16/h4-5,12,17H,3,6-11H2,1-2H3. The van der Waals surface area contributed by atoms with E-state index in [1.165, 1.54) is 29.7 Å². The second kappa shape index (κ2) is 5.14. The first-order valence-corrected chi connectivity index (χ1v) is 7.38. The lowest BCUT2D eigenvalue weighted by Crippen LogP contribution is -2.40. The number of nitrogens with zero attached hydrogens (tertiary/aromatic N) is 1. The van der Waals surface area contributed by atoms with Crippen LogP contribution in [0.5, 0.6) is 0 Å². The minimum Gasteiger partial charge on any atom is -0.378 e. The monoisotopic (exact) mass is 260 g/mol. The summed E-state index contributed by atoms with van der Waals surface area (Å²) in [5.41, 5.74) is 4.35. The molecule has 2 saturated heterocycles. The molecule has 0 radical (unpaired) electrons. The molecule has 3 heteroatoms. The highest BCUT2D eigenvalue weighted by Crippen LogP contribution is 2.37. The molecule has 3 nitrogen and oxygen atoms in total. The first-order valence-electron chi connectivity index (χ1n) is 7.38. The average molecular weight is 260 g/mol. The zero-order chi connectivity index (χ0) is 13.3. The molecule has 1 aromatic rings. The predicted molar refractivity (Wildman–Crippen MR) is 78.8 cm³/mol. The minimum absolute atomic E-state index is 0.139. The van der Waals surface area contributed by atoms with E-state index in [1.54, 1.807) is 0 Å². The Morgan fingerprint density at radius 1 is 1.26 bits per heavy atom. The largest absolute Gasteiger partial charge is 0.378 e. The molecule has 1 unspecified atom stereocenters. The number of anilines is 1. The predicted octanol–water partition coefficient (Wildman–Crippen LogP) is 2.43. The van der Waals surface area contributed by atoms with Crippen molar-refractivity contribution in [3.8, 4) is 0 Å². The van der Waals surface area contributed by atoms with Crippen LogP contribution in [0.4, 0.5) is 5.69 Å². The molecule has 1 atom stereocenters. The molecule has 0 bridgehead atoms. The molecule has 0 aromatic heterocycles. The Bertz CT molecular complexity index is 446. The molecule has 104 valence electrons. The molecule has 19 heavy (non-hydrogen) atoms. The highest BCUT2D eigenvalue weighted by atomic mass is 16.5. The minimum atomic E-state index is 0.139. The fourth-order valence-electron chi connectivity index (χ4n) is 3.30. The molecule has 1 N–H and O–H groups in total. The van der Waals surface area contributed by atoms with Gasteiger partial charge in [-0.1, -0.05) is 17.7 Å². The van der Waals surface area contributed by atoms with E-state index in [9.17, 15) is 0 Å². The van der Waals surface area contributed by atoms with Crippen LogP contribution < -0.4 is 10.2 Å². The number of benzene rings is 1. The zero-order valence-electron chi connectivity index (χ0n) is 12.0. The van der Waals surface area contributed by atoms with Gasteiger partial charge in [0, 0.05) is 24.3 Å². The van der Waals surface area contributed by atoms with Gasteiger partial charge >= 0.3 is 0 Å². The summed E-state index contributed by atoms with van der Waals surface area (Å²) in [6, 6.07) is 6.89. The Labute approximate surface area is 115 Å². The number of hydrogen-bond acceptors (Lipinski definition) is 3. The fourth-order valence-corrected chi connectivity index (χ4v) is 3.30. The van der Waals surface area contributed by atoms with E-state index in [2.05, 4.69) is 42.3 Å². The first kappa shape index (κ1) is 12.9. The molecule has 1 aromatic carbocycles. The Balaban J connectivity index is 1.98. The van der Waals surface area contributed by atoms with Gasteiger partial charge in [0.1, 0.15) is 0 Å². The second-order valence-electron chi connectivity index (χ2n) is 5.98. The van der Waals surface area contributed by atoms with E-state index < -0.39 is 0 Å². The molecular formula is C16H24N2O. The Morgan fingerprint density at radius 2 is 2.05 bits per heavy atom. The topological polar surface area (TPSA) is 24.5 Å². The maximum Gasteiger partial charge on any atom is 0.0642 e. The molecule has 2 aliphatic heterocycles. The average Bonchev–Trinajstić information content (AvgIpc) is 2.88. The van der Waals surface area contributed by atoms with E-state index in [0.29, 0.717) is 0 Å². The van der Waals surface area contributed by atoms with Gasteiger partial charge in [-0.3, -0.25) is 0 Å². The van der Waals surface area contributed by atoms with Crippen LogP contribution in [0.3, 0.4) is 0 Å². The number of ether oxygens (including phenoxy) is 1. The molecular weight excluding hydrogens is 236 g/mol. The number of rotatable bonds is 2. The Kier molecular flexibility index (Phi) is 3.50. The summed E-state index contributed by atoms with van der Waals surface area (Å²) in [6.45, 7) is 9.36.